The maximum atomic E-state index is 12.0. The molecular formula is C18H14ClN5O2S. The van der Waals surface area contributed by atoms with Crippen molar-refractivity contribution in [2.75, 3.05) is 0 Å². The van der Waals surface area contributed by atoms with Gasteiger partial charge >= 0.3 is 5.69 Å². The van der Waals surface area contributed by atoms with E-state index in [2.05, 4.69) is 20.3 Å². The first kappa shape index (κ1) is 17.6. The molecule has 0 saturated heterocycles. The standard InChI is InChI=1S/C18H14ClN5O2S/c19-14-8-6-13(7-9-14)16-20-15(26-23-16)11-27-18-22-21-17(25)24(18)10-12-4-2-1-3-5-12/h1-9H,10-11H2,(H,21,25). The highest BCUT2D eigenvalue weighted by Gasteiger charge is 2.13. The van der Waals surface area contributed by atoms with Crippen LogP contribution in [0.2, 0.25) is 5.02 Å². The van der Waals surface area contributed by atoms with Gasteiger partial charge in [0, 0.05) is 10.6 Å². The lowest BCUT2D eigenvalue weighted by Gasteiger charge is -2.04. The van der Waals surface area contributed by atoms with Crippen LogP contribution in [-0.2, 0) is 12.3 Å². The van der Waals surface area contributed by atoms with E-state index in [1.165, 1.54) is 11.8 Å². The summed E-state index contributed by atoms with van der Waals surface area (Å²) in [5, 5.41) is 11.8. The summed E-state index contributed by atoms with van der Waals surface area (Å²) >= 11 is 7.25. The predicted octanol–water partition coefficient (Wildman–Crippen LogP) is 3.62. The second kappa shape index (κ2) is 7.81. The van der Waals surface area contributed by atoms with Crippen molar-refractivity contribution in [3.8, 4) is 11.4 Å². The van der Waals surface area contributed by atoms with Gasteiger partial charge in [0.25, 0.3) is 0 Å². The van der Waals surface area contributed by atoms with Crippen LogP contribution >= 0.6 is 23.4 Å². The molecule has 9 heteroatoms. The van der Waals surface area contributed by atoms with Crippen molar-refractivity contribution in [1.29, 1.82) is 0 Å². The van der Waals surface area contributed by atoms with Crippen LogP contribution in [0.1, 0.15) is 11.5 Å². The van der Waals surface area contributed by atoms with Gasteiger partial charge in [-0.1, -0.05) is 58.9 Å². The molecule has 0 unspecified atom stereocenters. The van der Waals surface area contributed by atoms with Crippen LogP contribution in [0.25, 0.3) is 11.4 Å². The molecule has 0 saturated carbocycles. The molecule has 0 fully saturated rings. The summed E-state index contributed by atoms with van der Waals surface area (Å²) in [4.78, 5) is 16.4. The van der Waals surface area contributed by atoms with Crippen LogP contribution in [-0.4, -0.2) is 24.9 Å². The summed E-state index contributed by atoms with van der Waals surface area (Å²) in [5.74, 6) is 1.34. The summed E-state index contributed by atoms with van der Waals surface area (Å²) in [6.07, 6.45) is 0. The third-order valence-corrected chi connectivity index (χ3v) is 5.02. The molecule has 27 heavy (non-hydrogen) atoms. The van der Waals surface area contributed by atoms with Crippen LogP contribution in [0, 0.1) is 0 Å². The number of H-pyrrole nitrogens is 1. The summed E-state index contributed by atoms with van der Waals surface area (Å²) in [7, 11) is 0. The zero-order valence-corrected chi connectivity index (χ0v) is 15.6. The van der Waals surface area contributed by atoms with E-state index in [0.717, 1.165) is 11.1 Å². The van der Waals surface area contributed by atoms with Crippen LogP contribution in [0.5, 0.6) is 0 Å². The molecule has 4 aromatic rings. The molecule has 0 aliphatic rings. The molecular weight excluding hydrogens is 386 g/mol. The second-order valence-corrected chi connectivity index (χ2v) is 7.07. The third-order valence-electron chi connectivity index (χ3n) is 3.80. The van der Waals surface area contributed by atoms with Crippen molar-refractivity contribution >= 4 is 23.4 Å². The number of halogens is 1. The highest BCUT2D eigenvalue weighted by Crippen LogP contribution is 2.23. The van der Waals surface area contributed by atoms with Gasteiger partial charge in [0.05, 0.1) is 12.3 Å². The number of rotatable bonds is 6. The summed E-state index contributed by atoms with van der Waals surface area (Å²) in [6, 6.07) is 16.9. The minimum Gasteiger partial charge on any atom is -0.338 e. The van der Waals surface area contributed by atoms with Gasteiger partial charge in [-0.25, -0.2) is 9.89 Å². The second-order valence-electron chi connectivity index (χ2n) is 5.69. The number of aromatic amines is 1. The molecule has 4 rings (SSSR count). The lowest BCUT2D eigenvalue weighted by Crippen LogP contribution is -2.18. The maximum absolute atomic E-state index is 12.0. The summed E-state index contributed by atoms with van der Waals surface area (Å²) < 4.78 is 6.88. The lowest BCUT2D eigenvalue weighted by molar-refractivity contribution is 0.391. The van der Waals surface area contributed by atoms with Gasteiger partial charge in [-0.05, 0) is 29.8 Å². The van der Waals surface area contributed by atoms with Gasteiger partial charge in [0.2, 0.25) is 11.7 Å². The number of nitrogens with zero attached hydrogens (tertiary/aromatic N) is 4. The largest absolute Gasteiger partial charge is 0.344 e. The van der Waals surface area contributed by atoms with Crippen LogP contribution < -0.4 is 5.69 Å². The smallest absolute Gasteiger partial charge is 0.338 e. The number of hydrogen-bond donors (Lipinski definition) is 1. The number of nitrogens with one attached hydrogen (secondary N) is 1. The molecule has 2 aromatic heterocycles. The summed E-state index contributed by atoms with van der Waals surface area (Å²) in [6.45, 7) is 0.443. The van der Waals surface area contributed by atoms with E-state index in [-0.39, 0.29) is 5.69 Å². The van der Waals surface area contributed by atoms with Gasteiger partial charge in [0.1, 0.15) is 0 Å². The topological polar surface area (TPSA) is 89.6 Å². The van der Waals surface area contributed by atoms with Crippen molar-refractivity contribution in [3.05, 3.63) is 81.6 Å². The molecule has 0 aliphatic heterocycles. The van der Waals surface area contributed by atoms with E-state index in [0.29, 0.717) is 34.2 Å². The normalized spacial score (nSPS) is 11.0. The molecule has 0 atom stereocenters. The van der Waals surface area contributed by atoms with Gasteiger partial charge in [-0.15, -0.1) is 5.10 Å². The van der Waals surface area contributed by atoms with Crippen molar-refractivity contribution in [1.82, 2.24) is 24.9 Å². The van der Waals surface area contributed by atoms with E-state index in [1.54, 1.807) is 16.7 Å². The van der Waals surface area contributed by atoms with E-state index in [9.17, 15) is 4.79 Å². The first-order valence-electron chi connectivity index (χ1n) is 8.09. The fraction of sp³-hybridized carbons (Fsp3) is 0.111. The number of hydrogen-bond acceptors (Lipinski definition) is 6. The quantitative estimate of drug-likeness (QED) is 0.498. The average molecular weight is 400 g/mol. The highest BCUT2D eigenvalue weighted by atomic mass is 35.5. The Bertz CT molecular complexity index is 1090. The van der Waals surface area contributed by atoms with E-state index >= 15 is 0 Å². The minimum atomic E-state index is -0.256. The van der Waals surface area contributed by atoms with Gasteiger partial charge in [-0.3, -0.25) is 4.57 Å². The fourth-order valence-electron chi connectivity index (χ4n) is 2.47. The van der Waals surface area contributed by atoms with Gasteiger partial charge in [-0.2, -0.15) is 4.98 Å². The molecule has 0 spiro atoms. The Balaban J connectivity index is 1.47. The SMILES string of the molecule is O=c1[nH]nc(SCc2nc(-c3ccc(Cl)cc3)no2)n1Cc1ccccc1. The summed E-state index contributed by atoms with van der Waals surface area (Å²) in [5.41, 5.74) is 1.58. The number of aromatic nitrogens is 5. The number of thioether (sulfide) groups is 1. The van der Waals surface area contributed by atoms with E-state index in [1.807, 2.05) is 42.5 Å². The molecule has 0 bridgehead atoms. The first-order chi connectivity index (χ1) is 13.2. The highest BCUT2D eigenvalue weighted by molar-refractivity contribution is 7.98. The predicted molar refractivity (Wildman–Crippen MR) is 103 cm³/mol. The van der Waals surface area contributed by atoms with Crippen LogP contribution in [0.3, 0.4) is 0 Å². The first-order valence-corrected chi connectivity index (χ1v) is 9.46. The van der Waals surface area contributed by atoms with Crippen molar-refractivity contribution < 1.29 is 4.52 Å². The van der Waals surface area contributed by atoms with E-state index < -0.39 is 0 Å². The van der Waals surface area contributed by atoms with Gasteiger partial charge in [0.15, 0.2) is 5.16 Å². The molecule has 136 valence electrons. The number of benzene rings is 2. The molecule has 1 N–H and O–H groups in total. The molecule has 0 radical (unpaired) electrons. The Kier molecular flexibility index (Phi) is 5.08. The molecule has 2 aromatic carbocycles. The van der Waals surface area contributed by atoms with Crippen molar-refractivity contribution in [3.63, 3.8) is 0 Å². The molecule has 0 amide bonds. The Labute approximate surface area is 163 Å². The van der Waals surface area contributed by atoms with Crippen LogP contribution in [0.4, 0.5) is 0 Å². The monoisotopic (exact) mass is 399 g/mol. The Morgan fingerprint density at radius 2 is 1.89 bits per heavy atom. The maximum Gasteiger partial charge on any atom is 0.344 e. The lowest BCUT2D eigenvalue weighted by atomic mass is 10.2. The zero-order valence-electron chi connectivity index (χ0n) is 14.0. The van der Waals surface area contributed by atoms with E-state index in [4.69, 9.17) is 16.1 Å². The van der Waals surface area contributed by atoms with Gasteiger partial charge < -0.3 is 4.52 Å². The molecule has 2 heterocycles. The third kappa shape index (κ3) is 4.12. The minimum absolute atomic E-state index is 0.256. The van der Waals surface area contributed by atoms with Crippen molar-refractivity contribution in [2.24, 2.45) is 0 Å². The average Bonchev–Trinajstić information content (AvgIpc) is 3.29. The van der Waals surface area contributed by atoms with Crippen LogP contribution in [0.15, 0.2) is 69.1 Å². The molecule has 0 aliphatic carbocycles. The molecule has 7 nitrogen and oxygen atoms in total. The fourth-order valence-corrected chi connectivity index (χ4v) is 3.38. The Morgan fingerprint density at radius 1 is 1.11 bits per heavy atom. The Morgan fingerprint density at radius 3 is 2.67 bits per heavy atom. The zero-order chi connectivity index (χ0) is 18.6. The Hall–Kier alpha value is -2.84. The van der Waals surface area contributed by atoms with Crippen molar-refractivity contribution in [2.45, 2.75) is 17.5 Å².